The molecule has 0 fully saturated rings. The van der Waals surface area contributed by atoms with Gasteiger partial charge in [-0.2, -0.15) is 0 Å². The Labute approximate surface area is 117 Å². The van der Waals surface area contributed by atoms with Crippen LogP contribution in [-0.4, -0.2) is 23.0 Å². The standard InChI is InChI=1S/C14H18ClNO3/c1-8(14(18)19)10(3)16-13(17)9(2)11-5-4-6-12(15)7-11/h4-10H,1-3H3,(H,16,17)(H,18,19). The molecule has 0 saturated heterocycles. The van der Waals surface area contributed by atoms with Gasteiger partial charge in [-0.15, -0.1) is 0 Å². The van der Waals surface area contributed by atoms with Crippen LogP contribution in [0.15, 0.2) is 24.3 Å². The second-order valence-corrected chi connectivity index (χ2v) is 5.14. The zero-order valence-electron chi connectivity index (χ0n) is 11.2. The van der Waals surface area contributed by atoms with Gasteiger partial charge in [0.25, 0.3) is 0 Å². The first kappa shape index (κ1) is 15.5. The number of hydrogen-bond donors (Lipinski definition) is 2. The van der Waals surface area contributed by atoms with E-state index in [1.54, 1.807) is 39.0 Å². The maximum absolute atomic E-state index is 12.0. The molecule has 3 atom stereocenters. The third-order valence-electron chi connectivity index (χ3n) is 3.25. The molecule has 1 amide bonds. The summed E-state index contributed by atoms with van der Waals surface area (Å²) in [5.41, 5.74) is 0.806. The fourth-order valence-electron chi connectivity index (χ4n) is 1.62. The van der Waals surface area contributed by atoms with Crippen LogP contribution < -0.4 is 5.32 Å². The van der Waals surface area contributed by atoms with E-state index < -0.39 is 17.9 Å². The summed E-state index contributed by atoms with van der Waals surface area (Å²) in [7, 11) is 0. The van der Waals surface area contributed by atoms with Crippen molar-refractivity contribution in [3.63, 3.8) is 0 Å². The minimum absolute atomic E-state index is 0.206. The molecule has 0 aliphatic carbocycles. The van der Waals surface area contributed by atoms with Crippen molar-refractivity contribution in [2.24, 2.45) is 5.92 Å². The molecule has 0 heterocycles. The van der Waals surface area contributed by atoms with E-state index in [0.29, 0.717) is 5.02 Å². The van der Waals surface area contributed by atoms with Gasteiger partial charge in [-0.05, 0) is 38.5 Å². The highest BCUT2D eigenvalue weighted by Crippen LogP contribution is 2.20. The zero-order valence-corrected chi connectivity index (χ0v) is 11.9. The fraction of sp³-hybridized carbons (Fsp3) is 0.429. The van der Waals surface area contributed by atoms with Crippen molar-refractivity contribution in [3.05, 3.63) is 34.9 Å². The van der Waals surface area contributed by atoms with Crippen LogP contribution in [0.2, 0.25) is 5.02 Å². The van der Waals surface area contributed by atoms with E-state index in [4.69, 9.17) is 16.7 Å². The molecule has 1 aromatic rings. The number of halogens is 1. The lowest BCUT2D eigenvalue weighted by atomic mass is 9.98. The first-order valence-electron chi connectivity index (χ1n) is 6.11. The molecule has 4 nitrogen and oxygen atoms in total. The van der Waals surface area contributed by atoms with Crippen LogP contribution >= 0.6 is 11.6 Å². The van der Waals surface area contributed by atoms with Crippen LogP contribution in [0.1, 0.15) is 32.3 Å². The summed E-state index contributed by atoms with van der Waals surface area (Å²) >= 11 is 5.88. The van der Waals surface area contributed by atoms with Gasteiger partial charge in [0.05, 0.1) is 11.8 Å². The quantitative estimate of drug-likeness (QED) is 0.873. The Kier molecular flexibility index (Phi) is 5.36. The maximum atomic E-state index is 12.0. The molecule has 3 unspecified atom stereocenters. The van der Waals surface area contributed by atoms with E-state index in [1.807, 2.05) is 6.07 Å². The molecule has 0 aliphatic rings. The molecule has 0 bridgehead atoms. The average molecular weight is 284 g/mol. The lowest BCUT2D eigenvalue weighted by molar-refractivity contribution is -0.142. The van der Waals surface area contributed by atoms with Gasteiger partial charge < -0.3 is 10.4 Å². The molecule has 0 aliphatic heterocycles. The molecule has 0 spiro atoms. The second kappa shape index (κ2) is 6.57. The number of carbonyl (C=O) groups is 2. The fourth-order valence-corrected chi connectivity index (χ4v) is 1.81. The smallest absolute Gasteiger partial charge is 0.308 e. The lowest BCUT2D eigenvalue weighted by Gasteiger charge is -2.20. The Hall–Kier alpha value is -1.55. The zero-order chi connectivity index (χ0) is 14.6. The Balaban J connectivity index is 2.70. The molecule has 5 heteroatoms. The second-order valence-electron chi connectivity index (χ2n) is 4.70. The number of hydrogen-bond acceptors (Lipinski definition) is 2. The van der Waals surface area contributed by atoms with Crippen molar-refractivity contribution < 1.29 is 14.7 Å². The highest BCUT2D eigenvalue weighted by Gasteiger charge is 2.23. The van der Waals surface area contributed by atoms with Gasteiger partial charge in [-0.1, -0.05) is 23.7 Å². The van der Waals surface area contributed by atoms with Crippen LogP contribution in [-0.2, 0) is 9.59 Å². The number of amides is 1. The van der Waals surface area contributed by atoms with Crippen LogP contribution in [0.5, 0.6) is 0 Å². The van der Waals surface area contributed by atoms with Crippen LogP contribution in [0, 0.1) is 5.92 Å². The number of aliphatic carboxylic acids is 1. The minimum Gasteiger partial charge on any atom is -0.481 e. The molecule has 0 radical (unpaired) electrons. The number of benzene rings is 1. The molecule has 0 saturated carbocycles. The molecular formula is C14H18ClNO3. The summed E-state index contributed by atoms with van der Waals surface area (Å²) in [5, 5.41) is 12.2. The number of carboxylic acid groups (broad SMARTS) is 1. The van der Waals surface area contributed by atoms with Gasteiger partial charge in [-0.25, -0.2) is 0 Å². The van der Waals surface area contributed by atoms with Gasteiger partial charge in [0.1, 0.15) is 0 Å². The Bertz CT molecular complexity index is 476. The van der Waals surface area contributed by atoms with E-state index in [9.17, 15) is 9.59 Å². The van der Waals surface area contributed by atoms with Crippen LogP contribution in [0.3, 0.4) is 0 Å². The average Bonchev–Trinajstić information content (AvgIpc) is 2.36. The van der Waals surface area contributed by atoms with Crippen LogP contribution in [0.25, 0.3) is 0 Å². The molecule has 2 N–H and O–H groups in total. The largest absolute Gasteiger partial charge is 0.481 e. The van der Waals surface area contributed by atoms with E-state index in [-0.39, 0.29) is 11.8 Å². The molecule has 0 aromatic heterocycles. The van der Waals surface area contributed by atoms with Crippen molar-refractivity contribution in [2.75, 3.05) is 0 Å². The van der Waals surface area contributed by atoms with Gasteiger partial charge in [0.15, 0.2) is 0 Å². The van der Waals surface area contributed by atoms with Crippen LogP contribution in [0.4, 0.5) is 0 Å². The minimum atomic E-state index is -0.928. The molecular weight excluding hydrogens is 266 g/mol. The summed E-state index contributed by atoms with van der Waals surface area (Å²) in [6, 6.07) is 6.65. The first-order valence-corrected chi connectivity index (χ1v) is 6.49. The predicted octanol–water partition coefficient (Wildman–Crippen LogP) is 2.67. The SMILES string of the molecule is CC(C(=O)NC(C)C(C)C(=O)O)c1cccc(Cl)c1. The summed E-state index contributed by atoms with van der Waals surface area (Å²) in [4.78, 5) is 22.9. The Morgan fingerprint density at radius 3 is 2.42 bits per heavy atom. The predicted molar refractivity (Wildman–Crippen MR) is 74.3 cm³/mol. The van der Waals surface area contributed by atoms with E-state index in [0.717, 1.165) is 5.56 Å². The van der Waals surface area contributed by atoms with Crippen molar-refractivity contribution in [2.45, 2.75) is 32.7 Å². The summed E-state index contributed by atoms with van der Waals surface area (Å²) in [6.07, 6.45) is 0. The summed E-state index contributed by atoms with van der Waals surface area (Å²) in [6.45, 7) is 5.01. The van der Waals surface area contributed by atoms with Gasteiger partial charge in [-0.3, -0.25) is 9.59 Å². The molecule has 104 valence electrons. The summed E-state index contributed by atoms with van der Waals surface area (Å²) < 4.78 is 0. The number of carboxylic acids is 1. The number of rotatable bonds is 5. The first-order chi connectivity index (χ1) is 8.82. The normalized spacial score (nSPS) is 15.4. The van der Waals surface area contributed by atoms with Gasteiger partial charge in [0.2, 0.25) is 5.91 Å². The van der Waals surface area contributed by atoms with E-state index in [1.165, 1.54) is 0 Å². The highest BCUT2D eigenvalue weighted by atomic mass is 35.5. The van der Waals surface area contributed by atoms with Gasteiger partial charge in [0, 0.05) is 11.1 Å². The summed E-state index contributed by atoms with van der Waals surface area (Å²) in [5.74, 6) is -2.14. The highest BCUT2D eigenvalue weighted by molar-refractivity contribution is 6.30. The van der Waals surface area contributed by atoms with Gasteiger partial charge >= 0.3 is 5.97 Å². The third-order valence-corrected chi connectivity index (χ3v) is 3.49. The molecule has 19 heavy (non-hydrogen) atoms. The van der Waals surface area contributed by atoms with E-state index in [2.05, 4.69) is 5.32 Å². The molecule has 1 rings (SSSR count). The number of carbonyl (C=O) groups excluding carboxylic acids is 1. The molecule has 1 aromatic carbocycles. The monoisotopic (exact) mass is 283 g/mol. The third kappa shape index (κ3) is 4.24. The Morgan fingerprint density at radius 2 is 1.89 bits per heavy atom. The maximum Gasteiger partial charge on any atom is 0.308 e. The van der Waals surface area contributed by atoms with Crippen molar-refractivity contribution in [1.29, 1.82) is 0 Å². The lowest BCUT2D eigenvalue weighted by Crippen LogP contribution is -2.41. The number of nitrogens with one attached hydrogen (secondary N) is 1. The Morgan fingerprint density at radius 1 is 1.26 bits per heavy atom. The van der Waals surface area contributed by atoms with Crippen molar-refractivity contribution in [1.82, 2.24) is 5.32 Å². The van der Waals surface area contributed by atoms with Crippen molar-refractivity contribution in [3.8, 4) is 0 Å². The topological polar surface area (TPSA) is 66.4 Å². The van der Waals surface area contributed by atoms with Crippen molar-refractivity contribution >= 4 is 23.5 Å². The van der Waals surface area contributed by atoms with E-state index >= 15 is 0 Å².